The monoisotopic (exact) mass is 561 g/mol. The SMILES string of the molecule is CS(=O)(=O)c1cccc2sc(N(CCN3CCOCC3)C(=O)CSc3ccc(Cl)cc3)nc12.Cl. The number of carbonyl (C=O) groups is 1. The van der Waals surface area contributed by atoms with E-state index in [4.69, 9.17) is 16.3 Å². The molecule has 34 heavy (non-hydrogen) atoms. The van der Waals surface area contributed by atoms with E-state index in [1.165, 1.54) is 29.4 Å². The molecule has 184 valence electrons. The number of thioether (sulfide) groups is 1. The molecule has 7 nitrogen and oxygen atoms in total. The number of ether oxygens (including phenoxy) is 1. The molecule has 0 unspecified atom stereocenters. The molecule has 12 heteroatoms. The molecule has 0 saturated carbocycles. The van der Waals surface area contributed by atoms with Crippen molar-refractivity contribution in [3.63, 3.8) is 0 Å². The largest absolute Gasteiger partial charge is 0.379 e. The van der Waals surface area contributed by atoms with Crippen LogP contribution in [0.5, 0.6) is 0 Å². The summed E-state index contributed by atoms with van der Waals surface area (Å²) in [6.45, 7) is 4.15. The van der Waals surface area contributed by atoms with Gasteiger partial charge < -0.3 is 4.74 Å². The fourth-order valence-electron chi connectivity index (χ4n) is 3.47. The second kappa shape index (κ2) is 12.0. The Morgan fingerprint density at radius 2 is 1.91 bits per heavy atom. The van der Waals surface area contributed by atoms with Crippen molar-refractivity contribution in [3.8, 4) is 0 Å². The Balaban J connectivity index is 0.00000324. The van der Waals surface area contributed by atoms with Crippen LogP contribution in [0.15, 0.2) is 52.3 Å². The average molecular weight is 563 g/mol. The first-order valence-electron chi connectivity index (χ1n) is 10.4. The van der Waals surface area contributed by atoms with Gasteiger partial charge in [0.1, 0.15) is 5.52 Å². The maximum atomic E-state index is 13.3. The van der Waals surface area contributed by atoms with Crippen LogP contribution in [-0.2, 0) is 19.4 Å². The molecule has 0 atom stereocenters. The molecular weight excluding hydrogens is 537 g/mol. The van der Waals surface area contributed by atoms with Gasteiger partial charge >= 0.3 is 0 Å². The zero-order valence-electron chi connectivity index (χ0n) is 18.5. The summed E-state index contributed by atoms with van der Waals surface area (Å²) in [6.07, 6.45) is 1.17. The van der Waals surface area contributed by atoms with E-state index in [-0.39, 0.29) is 29.0 Å². The molecule has 0 bridgehead atoms. The van der Waals surface area contributed by atoms with Crippen LogP contribution >= 0.6 is 47.1 Å². The van der Waals surface area contributed by atoms with E-state index >= 15 is 0 Å². The third kappa shape index (κ3) is 6.84. The van der Waals surface area contributed by atoms with Crippen molar-refractivity contribution < 1.29 is 17.9 Å². The number of nitrogens with zero attached hydrogens (tertiary/aromatic N) is 3. The summed E-state index contributed by atoms with van der Waals surface area (Å²) in [7, 11) is -3.44. The second-order valence-electron chi connectivity index (χ2n) is 7.61. The van der Waals surface area contributed by atoms with Gasteiger partial charge in [-0.25, -0.2) is 13.4 Å². The molecule has 0 aliphatic carbocycles. The molecule has 1 aromatic heterocycles. The first kappa shape index (κ1) is 27.2. The molecule has 1 aliphatic heterocycles. The summed E-state index contributed by atoms with van der Waals surface area (Å²) in [5.74, 6) is 0.155. The lowest BCUT2D eigenvalue weighted by atomic mass is 10.3. The molecule has 0 spiro atoms. The van der Waals surface area contributed by atoms with Crippen LogP contribution in [0.2, 0.25) is 5.02 Å². The van der Waals surface area contributed by atoms with Gasteiger partial charge in [-0.1, -0.05) is 29.0 Å². The van der Waals surface area contributed by atoms with Crippen LogP contribution in [0, 0.1) is 0 Å². The standard InChI is InChI=1S/C22H24ClN3O4S3.ClH/c1-33(28,29)19-4-2-3-18-21(19)24-22(32-18)26(10-9-25-11-13-30-14-12-25)20(27)15-31-17-7-5-16(23)6-8-17;/h2-8H,9-15H2,1H3;1H. The fraction of sp³-hybridized carbons (Fsp3) is 0.364. The first-order chi connectivity index (χ1) is 15.8. The maximum Gasteiger partial charge on any atom is 0.239 e. The highest BCUT2D eigenvalue weighted by Crippen LogP contribution is 2.33. The number of morpholine rings is 1. The number of anilines is 1. The van der Waals surface area contributed by atoms with Crippen molar-refractivity contribution in [1.82, 2.24) is 9.88 Å². The minimum Gasteiger partial charge on any atom is -0.379 e. The third-order valence-corrected chi connectivity index (χ3v) is 8.64. The van der Waals surface area contributed by atoms with E-state index < -0.39 is 9.84 Å². The number of benzene rings is 2. The van der Waals surface area contributed by atoms with Crippen molar-refractivity contribution in [2.24, 2.45) is 0 Å². The van der Waals surface area contributed by atoms with E-state index in [1.807, 2.05) is 18.2 Å². The summed E-state index contributed by atoms with van der Waals surface area (Å²) in [4.78, 5) is 23.0. The normalized spacial score (nSPS) is 14.6. The van der Waals surface area contributed by atoms with Crippen molar-refractivity contribution >= 4 is 78.2 Å². The van der Waals surface area contributed by atoms with Crippen molar-refractivity contribution in [1.29, 1.82) is 0 Å². The van der Waals surface area contributed by atoms with Gasteiger partial charge in [0.25, 0.3) is 0 Å². The van der Waals surface area contributed by atoms with Gasteiger partial charge in [-0.2, -0.15) is 0 Å². The van der Waals surface area contributed by atoms with Gasteiger partial charge in [0.05, 0.1) is 28.6 Å². The summed E-state index contributed by atoms with van der Waals surface area (Å²) < 4.78 is 30.6. The minimum absolute atomic E-state index is 0. The number of halogens is 2. The number of sulfone groups is 1. The Labute approximate surface area is 218 Å². The number of hydrogen-bond donors (Lipinski definition) is 0. The predicted octanol–water partition coefficient (Wildman–Crippen LogP) is 4.23. The first-order valence-corrected chi connectivity index (χ1v) is 14.5. The molecule has 1 saturated heterocycles. The van der Waals surface area contributed by atoms with E-state index in [9.17, 15) is 13.2 Å². The van der Waals surface area contributed by atoms with Gasteiger partial charge in [0, 0.05) is 42.4 Å². The number of carbonyl (C=O) groups excluding carboxylic acids is 1. The smallest absolute Gasteiger partial charge is 0.239 e. The van der Waals surface area contributed by atoms with E-state index in [1.54, 1.807) is 29.2 Å². The van der Waals surface area contributed by atoms with Crippen molar-refractivity contribution in [2.45, 2.75) is 9.79 Å². The molecule has 1 amide bonds. The molecule has 0 N–H and O–H groups in total. The van der Waals surface area contributed by atoms with Crippen LogP contribution < -0.4 is 4.90 Å². The Morgan fingerprint density at radius 1 is 1.21 bits per heavy atom. The van der Waals surface area contributed by atoms with Crippen molar-refractivity contribution in [2.75, 3.05) is 56.3 Å². The van der Waals surface area contributed by atoms with Crippen LogP contribution in [-0.4, -0.2) is 75.6 Å². The number of thiazole rings is 1. The second-order valence-corrected chi connectivity index (χ2v) is 12.1. The molecule has 0 radical (unpaired) electrons. The van der Waals surface area contributed by atoms with Crippen molar-refractivity contribution in [3.05, 3.63) is 47.5 Å². The maximum absolute atomic E-state index is 13.3. The zero-order valence-corrected chi connectivity index (χ0v) is 22.5. The predicted molar refractivity (Wildman–Crippen MR) is 142 cm³/mol. The highest BCUT2D eigenvalue weighted by atomic mass is 35.5. The van der Waals surface area contributed by atoms with Gasteiger partial charge in [0.2, 0.25) is 5.91 Å². The Bertz CT molecular complexity index is 1230. The lowest BCUT2D eigenvalue weighted by Gasteiger charge is -2.29. The zero-order chi connectivity index (χ0) is 23.4. The summed E-state index contributed by atoms with van der Waals surface area (Å²) in [5, 5.41) is 1.16. The minimum atomic E-state index is -3.44. The molecular formula is C22H25Cl2N3O4S3. The van der Waals surface area contributed by atoms with Crippen LogP contribution in [0.1, 0.15) is 0 Å². The Hall–Kier alpha value is -1.40. The van der Waals surface area contributed by atoms with E-state index in [0.717, 1.165) is 22.7 Å². The van der Waals surface area contributed by atoms with Crippen LogP contribution in [0.4, 0.5) is 5.13 Å². The van der Waals surface area contributed by atoms with Crippen LogP contribution in [0.25, 0.3) is 10.2 Å². The Kier molecular flexibility index (Phi) is 9.62. The van der Waals surface area contributed by atoms with E-state index in [0.29, 0.717) is 42.0 Å². The number of amides is 1. The average Bonchev–Trinajstić information content (AvgIpc) is 3.22. The topological polar surface area (TPSA) is 79.8 Å². The number of hydrogen-bond acceptors (Lipinski definition) is 8. The van der Waals surface area contributed by atoms with Gasteiger partial charge in [-0.15, -0.1) is 24.2 Å². The Morgan fingerprint density at radius 3 is 2.59 bits per heavy atom. The lowest BCUT2D eigenvalue weighted by molar-refractivity contribution is -0.116. The highest BCUT2D eigenvalue weighted by Gasteiger charge is 2.23. The number of aromatic nitrogens is 1. The quantitative estimate of drug-likeness (QED) is 0.380. The molecule has 1 fully saturated rings. The number of rotatable bonds is 8. The lowest BCUT2D eigenvalue weighted by Crippen LogP contribution is -2.43. The molecule has 2 heterocycles. The molecule has 1 aliphatic rings. The summed E-state index contributed by atoms with van der Waals surface area (Å²) in [6, 6.07) is 12.4. The highest BCUT2D eigenvalue weighted by molar-refractivity contribution is 8.00. The van der Waals surface area contributed by atoms with Gasteiger partial charge in [0.15, 0.2) is 15.0 Å². The van der Waals surface area contributed by atoms with Crippen LogP contribution in [0.3, 0.4) is 0 Å². The van der Waals surface area contributed by atoms with Gasteiger partial charge in [-0.05, 0) is 36.4 Å². The molecule has 3 aromatic rings. The number of para-hydroxylation sites is 1. The molecule has 2 aromatic carbocycles. The third-order valence-electron chi connectivity index (χ3n) is 5.22. The summed E-state index contributed by atoms with van der Waals surface area (Å²) in [5.41, 5.74) is 0.412. The van der Waals surface area contributed by atoms with Gasteiger partial charge in [-0.3, -0.25) is 14.6 Å². The van der Waals surface area contributed by atoms with E-state index in [2.05, 4.69) is 9.88 Å². The number of fused-ring (bicyclic) bond motifs is 1. The fourth-order valence-corrected chi connectivity index (χ4v) is 6.31. The molecule has 4 rings (SSSR count). The summed E-state index contributed by atoms with van der Waals surface area (Å²) >= 11 is 8.72.